The summed E-state index contributed by atoms with van der Waals surface area (Å²) < 4.78 is 65.2. The molecular formula is C16H11F5N2O2S. The molecule has 2 N–H and O–H groups in total. The van der Waals surface area contributed by atoms with Gasteiger partial charge in [-0.3, -0.25) is 9.59 Å². The molecule has 0 aliphatic carbocycles. The maximum atomic E-state index is 13.7. The van der Waals surface area contributed by atoms with Crippen molar-refractivity contribution >= 4 is 28.8 Å². The molecule has 138 valence electrons. The van der Waals surface area contributed by atoms with Crippen LogP contribution in [0.3, 0.4) is 0 Å². The lowest BCUT2D eigenvalue weighted by Gasteiger charge is -2.16. The molecule has 2 amide bonds. The molecule has 1 saturated heterocycles. The van der Waals surface area contributed by atoms with E-state index in [4.69, 9.17) is 0 Å². The Kier molecular flexibility index (Phi) is 4.70. The van der Waals surface area contributed by atoms with E-state index in [1.807, 2.05) is 0 Å². The van der Waals surface area contributed by atoms with E-state index in [1.165, 1.54) is 11.4 Å². The van der Waals surface area contributed by atoms with Crippen LogP contribution < -0.4 is 10.6 Å². The zero-order chi connectivity index (χ0) is 19.1. The van der Waals surface area contributed by atoms with Crippen LogP contribution in [0.5, 0.6) is 0 Å². The Labute approximate surface area is 148 Å². The number of alkyl halides is 3. The number of benzene rings is 1. The van der Waals surface area contributed by atoms with Gasteiger partial charge in [-0.25, -0.2) is 8.78 Å². The Morgan fingerprint density at radius 3 is 2.65 bits per heavy atom. The Morgan fingerprint density at radius 2 is 2.00 bits per heavy atom. The number of hydrogen-bond acceptors (Lipinski definition) is 3. The third kappa shape index (κ3) is 3.41. The van der Waals surface area contributed by atoms with E-state index in [9.17, 15) is 31.5 Å². The van der Waals surface area contributed by atoms with Gasteiger partial charge in [0.25, 0.3) is 0 Å². The molecule has 2 atom stereocenters. The highest BCUT2D eigenvalue weighted by Gasteiger charge is 2.43. The van der Waals surface area contributed by atoms with Gasteiger partial charge in [0, 0.05) is 12.5 Å². The average Bonchev–Trinajstić information content (AvgIpc) is 3.18. The van der Waals surface area contributed by atoms with Gasteiger partial charge >= 0.3 is 6.18 Å². The third-order valence-electron chi connectivity index (χ3n) is 4.00. The minimum absolute atomic E-state index is 0.0312. The van der Waals surface area contributed by atoms with Gasteiger partial charge in [-0.2, -0.15) is 13.2 Å². The largest absolute Gasteiger partial charge is 0.425 e. The van der Waals surface area contributed by atoms with Crippen molar-refractivity contribution < 1.29 is 31.5 Å². The molecule has 4 nitrogen and oxygen atoms in total. The van der Waals surface area contributed by atoms with Crippen LogP contribution in [0.2, 0.25) is 0 Å². The summed E-state index contributed by atoms with van der Waals surface area (Å²) >= 11 is 0.461. The zero-order valence-electron chi connectivity index (χ0n) is 12.9. The van der Waals surface area contributed by atoms with Gasteiger partial charge in [-0.15, -0.1) is 11.3 Å². The number of halogens is 5. The fraction of sp³-hybridized carbons (Fsp3) is 0.250. The molecule has 1 aromatic heterocycles. The van der Waals surface area contributed by atoms with E-state index >= 15 is 0 Å². The van der Waals surface area contributed by atoms with Gasteiger partial charge in [0.1, 0.15) is 10.8 Å². The molecule has 0 spiro atoms. The molecule has 1 aromatic carbocycles. The predicted octanol–water partition coefficient (Wildman–Crippen LogP) is 3.51. The minimum atomic E-state index is -4.53. The summed E-state index contributed by atoms with van der Waals surface area (Å²) in [7, 11) is 0. The molecule has 0 saturated carbocycles. The summed E-state index contributed by atoms with van der Waals surface area (Å²) in [6.07, 6.45) is -4.53. The highest BCUT2D eigenvalue weighted by atomic mass is 32.1. The molecule has 0 bridgehead atoms. The fourth-order valence-corrected chi connectivity index (χ4v) is 3.58. The molecule has 0 unspecified atom stereocenters. The van der Waals surface area contributed by atoms with Crippen molar-refractivity contribution in [2.75, 3.05) is 11.9 Å². The molecule has 1 aliphatic heterocycles. The Bertz CT molecular complexity index is 865. The number of amides is 2. The van der Waals surface area contributed by atoms with Crippen LogP contribution in [-0.4, -0.2) is 18.4 Å². The second-order valence-electron chi connectivity index (χ2n) is 5.66. The lowest BCUT2D eigenvalue weighted by molar-refractivity contribution is -0.134. The minimum Gasteiger partial charge on any atom is -0.355 e. The number of anilines is 1. The van der Waals surface area contributed by atoms with Gasteiger partial charge in [0.2, 0.25) is 11.8 Å². The van der Waals surface area contributed by atoms with Crippen LogP contribution in [0.4, 0.5) is 27.6 Å². The van der Waals surface area contributed by atoms with Gasteiger partial charge < -0.3 is 10.6 Å². The maximum absolute atomic E-state index is 13.7. The van der Waals surface area contributed by atoms with E-state index < -0.39 is 52.0 Å². The maximum Gasteiger partial charge on any atom is 0.425 e. The van der Waals surface area contributed by atoms with E-state index in [0.717, 1.165) is 18.2 Å². The third-order valence-corrected chi connectivity index (χ3v) is 4.99. The van der Waals surface area contributed by atoms with Crippen molar-refractivity contribution in [3.63, 3.8) is 0 Å². The number of hydrogen-bond donors (Lipinski definition) is 2. The van der Waals surface area contributed by atoms with Crippen LogP contribution in [0, 0.1) is 17.6 Å². The van der Waals surface area contributed by atoms with E-state index in [1.54, 1.807) is 0 Å². The fourth-order valence-electron chi connectivity index (χ4n) is 2.74. The predicted molar refractivity (Wildman–Crippen MR) is 83.5 cm³/mol. The average molecular weight is 390 g/mol. The first-order valence-electron chi connectivity index (χ1n) is 7.36. The highest BCUT2D eigenvalue weighted by molar-refractivity contribution is 7.10. The second-order valence-corrected chi connectivity index (χ2v) is 6.57. The molecular weight excluding hydrogens is 379 g/mol. The van der Waals surface area contributed by atoms with Crippen LogP contribution in [-0.2, 0) is 15.8 Å². The standard InChI is InChI=1S/C16H11F5N2O2S/c17-9-2-1-3-10(13(9)18)23-15(25)12-8(5-22-14(12)24)7-4-11(26-6-7)16(19,20)21/h1-4,6,8,12H,5H2,(H,22,24)(H,23,25)/t8-,12-/m1/s1. The SMILES string of the molecule is O=C1NC[C@H](c2csc(C(F)(F)F)c2)[C@H]1C(=O)Nc1cccc(F)c1F. The summed E-state index contributed by atoms with van der Waals surface area (Å²) in [5.41, 5.74) is -0.268. The molecule has 2 heterocycles. The molecule has 26 heavy (non-hydrogen) atoms. The first-order chi connectivity index (χ1) is 12.2. The highest BCUT2D eigenvalue weighted by Crippen LogP contribution is 2.39. The topological polar surface area (TPSA) is 58.2 Å². The molecule has 2 aromatic rings. The van der Waals surface area contributed by atoms with Crippen LogP contribution in [0.25, 0.3) is 0 Å². The molecule has 3 rings (SSSR count). The summed E-state index contributed by atoms with van der Waals surface area (Å²) in [4.78, 5) is 23.5. The number of rotatable bonds is 3. The van der Waals surface area contributed by atoms with Crippen molar-refractivity contribution in [3.8, 4) is 0 Å². The number of carbonyl (C=O) groups excluding carboxylic acids is 2. The van der Waals surface area contributed by atoms with Crippen molar-refractivity contribution in [2.24, 2.45) is 5.92 Å². The van der Waals surface area contributed by atoms with Gasteiger partial charge in [0.05, 0.1) is 5.69 Å². The van der Waals surface area contributed by atoms with Crippen LogP contribution in [0.1, 0.15) is 16.4 Å². The summed E-state index contributed by atoms with van der Waals surface area (Å²) in [6, 6.07) is 4.04. The van der Waals surface area contributed by atoms with Crippen LogP contribution >= 0.6 is 11.3 Å². The van der Waals surface area contributed by atoms with Crippen LogP contribution in [0.15, 0.2) is 29.6 Å². The normalized spacial score (nSPS) is 20.1. The summed E-state index contributed by atoms with van der Waals surface area (Å²) in [5.74, 6) is -6.27. The number of nitrogens with one attached hydrogen (secondary N) is 2. The van der Waals surface area contributed by atoms with Crippen molar-refractivity contribution in [1.82, 2.24) is 5.32 Å². The summed E-state index contributed by atoms with van der Waals surface area (Å²) in [6.45, 7) is -0.0312. The molecule has 10 heteroatoms. The molecule has 0 radical (unpaired) electrons. The van der Waals surface area contributed by atoms with Crippen molar-refractivity contribution in [1.29, 1.82) is 0 Å². The monoisotopic (exact) mass is 390 g/mol. The van der Waals surface area contributed by atoms with Crippen molar-refractivity contribution in [2.45, 2.75) is 12.1 Å². The molecule has 1 aliphatic rings. The van der Waals surface area contributed by atoms with Crippen molar-refractivity contribution in [3.05, 3.63) is 51.7 Å². The number of carbonyl (C=O) groups is 2. The molecule has 1 fully saturated rings. The lowest BCUT2D eigenvalue weighted by Crippen LogP contribution is -2.32. The number of thiophene rings is 1. The second kappa shape index (κ2) is 6.67. The van der Waals surface area contributed by atoms with E-state index in [0.29, 0.717) is 11.3 Å². The van der Waals surface area contributed by atoms with E-state index in [-0.39, 0.29) is 12.1 Å². The van der Waals surface area contributed by atoms with Gasteiger partial charge in [-0.05, 0) is 29.1 Å². The van der Waals surface area contributed by atoms with Gasteiger partial charge in [0.15, 0.2) is 11.6 Å². The first kappa shape index (κ1) is 18.3. The lowest BCUT2D eigenvalue weighted by atomic mass is 9.89. The first-order valence-corrected chi connectivity index (χ1v) is 8.24. The quantitative estimate of drug-likeness (QED) is 0.623. The Hall–Kier alpha value is -2.49. The van der Waals surface area contributed by atoms with E-state index in [2.05, 4.69) is 10.6 Å². The zero-order valence-corrected chi connectivity index (χ0v) is 13.7. The summed E-state index contributed by atoms with van der Waals surface area (Å²) in [5, 5.41) is 5.77. The van der Waals surface area contributed by atoms with Gasteiger partial charge in [-0.1, -0.05) is 6.07 Å². The smallest absolute Gasteiger partial charge is 0.355 e. The Balaban J connectivity index is 1.84. The Morgan fingerprint density at radius 1 is 1.27 bits per heavy atom.